The topological polar surface area (TPSA) is 89.5 Å². The third-order valence-corrected chi connectivity index (χ3v) is 3.07. The fourth-order valence-electron chi connectivity index (χ4n) is 2.04. The van der Waals surface area contributed by atoms with Crippen molar-refractivity contribution < 1.29 is 9.21 Å². The van der Waals surface area contributed by atoms with E-state index < -0.39 is 5.91 Å². The third-order valence-electron chi connectivity index (χ3n) is 3.07. The number of carbonyl (C=O) groups excluding carboxylic acids is 1. The van der Waals surface area contributed by atoms with Crippen LogP contribution in [0.1, 0.15) is 16.2 Å². The first-order valence-electron chi connectivity index (χ1n) is 6.50. The number of nitrogens with one attached hydrogen (secondary N) is 1. The van der Waals surface area contributed by atoms with E-state index in [1.165, 1.54) is 19.5 Å². The number of carbonyl (C=O) groups is 1. The minimum Gasteiger partial charge on any atom is -0.463 e. The van der Waals surface area contributed by atoms with Crippen molar-refractivity contribution in [3.63, 3.8) is 0 Å². The number of hydrazone groups is 1. The van der Waals surface area contributed by atoms with E-state index in [2.05, 4.69) is 15.6 Å². The van der Waals surface area contributed by atoms with Crippen molar-refractivity contribution >= 4 is 22.9 Å². The molecule has 0 spiro atoms. The van der Waals surface area contributed by atoms with E-state index in [0.29, 0.717) is 16.5 Å². The zero-order valence-corrected chi connectivity index (χ0v) is 11.7. The van der Waals surface area contributed by atoms with Gasteiger partial charge in [0.2, 0.25) is 0 Å². The van der Waals surface area contributed by atoms with Gasteiger partial charge in [0, 0.05) is 12.4 Å². The van der Waals surface area contributed by atoms with E-state index >= 15 is 0 Å². The number of nitrogens with zero attached hydrogens (tertiary/aromatic N) is 3. The maximum atomic E-state index is 12.2. The molecule has 2 aromatic heterocycles. The Morgan fingerprint density at radius 3 is 2.77 bits per heavy atom. The average Bonchev–Trinajstić information content (AvgIpc) is 3.04. The van der Waals surface area contributed by atoms with Gasteiger partial charge in [-0.15, -0.1) is 0 Å². The second-order valence-corrected chi connectivity index (χ2v) is 4.54. The lowest BCUT2D eigenvalue weighted by Gasteiger charge is -2.06. The van der Waals surface area contributed by atoms with E-state index in [1.54, 1.807) is 36.4 Å². The molecule has 1 N–H and O–H groups in total. The Morgan fingerprint density at radius 1 is 1.27 bits per heavy atom. The number of fused-ring (bicyclic) bond motifs is 1. The molecule has 7 heteroatoms. The second-order valence-electron chi connectivity index (χ2n) is 4.54. The summed E-state index contributed by atoms with van der Waals surface area (Å²) in [6.07, 6.45) is 2.88. The third kappa shape index (κ3) is 2.51. The second kappa shape index (κ2) is 5.65. The largest absolute Gasteiger partial charge is 0.463 e. The molecular formula is C15H12N4O3. The summed E-state index contributed by atoms with van der Waals surface area (Å²) in [5.74, 6) is 0.00758. The summed E-state index contributed by atoms with van der Waals surface area (Å²) < 4.78 is 6.20. The highest BCUT2D eigenvalue weighted by Crippen LogP contribution is 2.12. The molecule has 0 aliphatic rings. The number of aryl methyl sites for hydroxylation is 1. The summed E-state index contributed by atoms with van der Waals surface area (Å²) in [6.45, 7) is 0. The van der Waals surface area contributed by atoms with Crippen LogP contribution in [-0.4, -0.2) is 21.9 Å². The van der Waals surface area contributed by atoms with Gasteiger partial charge in [0.15, 0.2) is 5.69 Å². The van der Waals surface area contributed by atoms with Gasteiger partial charge in [-0.1, -0.05) is 18.2 Å². The van der Waals surface area contributed by atoms with Gasteiger partial charge in [-0.25, -0.2) is 10.1 Å². The van der Waals surface area contributed by atoms with Gasteiger partial charge in [0.05, 0.1) is 17.9 Å². The van der Waals surface area contributed by atoms with E-state index in [9.17, 15) is 9.59 Å². The van der Waals surface area contributed by atoms with Gasteiger partial charge >= 0.3 is 0 Å². The molecule has 0 radical (unpaired) electrons. The Labute approximate surface area is 124 Å². The Hall–Kier alpha value is -3.22. The number of hydrogen-bond donors (Lipinski definition) is 1. The van der Waals surface area contributed by atoms with Gasteiger partial charge < -0.3 is 4.42 Å². The molecule has 3 aromatic rings. The summed E-state index contributed by atoms with van der Waals surface area (Å²) in [6, 6.07) is 10.2. The monoisotopic (exact) mass is 296 g/mol. The molecule has 0 saturated carbocycles. The molecular weight excluding hydrogens is 284 g/mol. The molecule has 1 aromatic carbocycles. The molecule has 0 bridgehead atoms. The van der Waals surface area contributed by atoms with Crippen LogP contribution in [0.2, 0.25) is 0 Å². The smallest absolute Gasteiger partial charge is 0.292 e. The van der Waals surface area contributed by atoms with Crippen LogP contribution in [0.15, 0.2) is 57.0 Å². The summed E-state index contributed by atoms with van der Waals surface area (Å²) in [7, 11) is 1.50. The first-order valence-corrected chi connectivity index (χ1v) is 6.50. The molecule has 2 heterocycles. The summed E-state index contributed by atoms with van der Waals surface area (Å²) >= 11 is 0. The van der Waals surface area contributed by atoms with Gasteiger partial charge in [0.25, 0.3) is 11.5 Å². The average molecular weight is 296 g/mol. The van der Waals surface area contributed by atoms with Crippen molar-refractivity contribution in [3.05, 3.63) is 64.5 Å². The molecule has 3 rings (SSSR count). The maximum absolute atomic E-state index is 12.2. The first-order chi connectivity index (χ1) is 10.7. The minimum atomic E-state index is -0.505. The Balaban J connectivity index is 1.94. The summed E-state index contributed by atoms with van der Waals surface area (Å²) in [5.41, 5.74) is 2.24. The lowest BCUT2D eigenvalue weighted by molar-refractivity contribution is 0.0950. The zero-order valence-electron chi connectivity index (χ0n) is 11.7. The van der Waals surface area contributed by atoms with Crippen molar-refractivity contribution in [2.75, 3.05) is 0 Å². The zero-order chi connectivity index (χ0) is 15.5. The quantitative estimate of drug-likeness (QED) is 0.582. The molecule has 0 fully saturated rings. The number of furan rings is 1. The fourth-order valence-corrected chi connectivity index (χ4v) is 2.04. The fraction of sp³-hybridized carbons (Fsp3) is 0.0667. The van der Waals surface area contributed by atoms with Crippen molar-refractivity contribution in [2.45, 2.75) is 0 Å². The molecule has 1 amide bonds. The minimum absolute atomic E-state index is 0.134. The van der Waals surface area contributed by atoms with E-state index in [1.807, 2.05) is 0 Å². The van der Waals surface area contributed by atoms with Gasteiger partial charge in [-0.2, -0.15) is 10.2 Å². The summed E-state index contributed by atoms with van der Waals surface area (Å²) in [4.78, 5) is 24.2. The predicted molar refractivity (Wildman–Crippen MR) is 80.8 cm³/mol. The Morgan fingerprint density at radius 2 is 2.05 bits per heavy atom. The Kier molecular flexibility index (Phi) is 3.53. The van der Waals surface area contributed by atoms with Gasteiger partial charge in [-0.3, -0.25) is 9.59 Å². The molecule has 110 valence electrons. The highest BCUT2D eigenvalue weighted by molar-refractivity contribution is 6.04. The standard InChI is InChI=1S/C15H12N4O3/c1-19-15(21)12-7-3-2-6-11(12)13(18-19)14(20)17-16-9-10-5-4-8-22-10/h2-9H,1H3,(H,17,20)/b16-9+. The number of benzene rings is 1. The highest BCUT2D eigenvalue weighted by Gasteiger charge is 2.14. The van der Waals surface area contributed by atoms with Crippen LogP contribution < -0.4 is 11.0 Å². The normalized spacial score (nSPS) is 11.1. The Bertz CT molecular complexity index is 910. The van der Waals surface area contributed by atoms with E-state index in [-0.39, 0.29) is 11.3 Å². The lowest BCUT2D eigenvalue weighted by atomic mass is 10.1. The molecule has 0 saturated heterocycles. The van der Waals surface area contributed by atoms with Crippen LogP contribution in [0.3, 0.4) is 0 Å². The molecule has 0 aliphatic carbocycles. The first kappa shape index (κ1) is 13.7. The predicted octanol–water partition coefficient (Wildman–Crippen LogP) is 1.29. The number of amides is 1. The molecule has 0 atom stereocenters. The van der Waals surface area contributed by atoms with Crippen LogP contribution in [0.25, 0.3) is 10.8 Å². The number of hydrogen-bond acceptors (Lipinski definition) is 5. The number of aromatic nitrogens is 2. The van der Waals surface area contributed by atoms with Crippen molar-refractivity contribution in [1.29, 1.82) is 0 Å². The van der Waals surface area contributed by atoms with Gasteiger partial charge in [-0.05, 0) is 18.2 Å². The van der Waals surface area contributed by atoms with Crippen LogP contribution >= 0.6 is 0 Å². The number of rotatable bonds is 3. The molecule has 7 nitrogen and oxygen atoms in total. The van der Waals surface area contributed by atoms with E-state index in [0.717, 1.165) is 4.68 Å². The van der Waals surface area contributed by atoms with Crippen LogP contribution in [0.5, 0.6) is 0 Å². The van der Waals surface area contributed by atoms with Crippen LogP contribution in [0.4, 0.5) is 0 Å². The molecule has 0 unspecified atom stereocenters. The van der Waals surface area contributed by atoms with E-state index in [4.69, 9.17) is 4.42 Å². The highest BCUT2D eigenvalue weighted by atomic mass is 16.3. The van der Waals surface area contributed by atoms with Gasteiger partial charge in [0.1, 0.15) is 5.76 Å². The molecule has 0 aliphatic heterocycles. The van der Waals surface area contributed by atoms with Crippen molar-refractivity contribution in [1.82, 2.24) is 15.2 Å². The van der Waals surface area contributed by atoms with Crippen LogP contribution in [0, 0.1) is 0 Å². The maximum Gasteiger partial charge on any atom is 0.292 e. The van der Waals surface area contributed by atoms with Crippen molar-refractivity contribution in [3.8, 4) is 0 Å². The van der Waals surface area contributed by atoms with Crippen LogP contribution in [-0.2, 0) is 7.05 Å². The lowest BCUT2D eigenvalue weighted by Crippen LogP contribution is -2.27. The molecule has 22 heavy (non-hydrogen) atoms. The SMILES string of the molecule is Cn1nc(C(=O)N/N=C/c2ccco2)c2ccccc2c1=O. The summed E-state index contributed by atoms with van der Waals surface area (Å²) in [5, 5.41) is 8.73. The van der Waals surface area contributed by atoms with Crippen molar-refractivity contribution in [2.24, 2.45) is 12.1 Å².